The quantitative estimate of drug-likeness (QED) is 0.700. The molecular formula is C24H27N3O2. The second kappa shape index (κ2) is 7.39. The number of hydrogen-bond donors (Lipinski definition) is 1. The van der Waals surface area contributed by atoms with Crippen molar-refractivity contribution in [2.24, 2.45) is 0 Å². The summed E-state index contributed by atoms with van der Waals surface area (Å²) in [6.45, 7) is 10.8. The lowest BCUT2D eigenvalue weighted by molar-refractivity contribution is 0.101. The highest BCUT2D eigenvalue weighted by molar-refractivity contribution is 6.02. The average molecular weight is 389 g/mol. The number of imidazole rings is 1. The van der Waals surface area contributed by atoms with E-state index in [2.05, 4.69) is 37.5 Å². The van der Waals surface area contributed by atoms with Crippen LogP contribution in [0.4, 0.5) is 0 Å². The maximum Gasteiger partial charge on any atom is 0.270 e. The number of benzene rings is 2. The van der Waals surface area contributed by atoms with E-state index in [0.29, 0.717) is 5.56 Å². The first-order valence-electron chi connectivity index (χ1n) is 10.1. The number of carbonyl (C=O) groups is 1. The molecule has 1 aliphatic heterocycles. The van der Waals surface area contributed by atoms with Crippen LogP contribution in [0.25, 0.3) is 11.4 Å². The summed E-state index contributed by atoms with van der Waals surface area (Å²) in [5.74, 6) is 1.51. The zero-order chi connectivity index (χ0) is 20.7. The van der Waals surface area contributed by atoms with Crippen LogP contribution < -0.4 is 10.2 Å². The maximum absolute atomic E-state index is 13.2. The van der Waals surface area contributed by atoms with Crippen LogP contribution in [0.15, 0.2) is 30.3 Å². The third-order valence-electron chi connectivity index (χ3n) is 5.67. The summed E-state index contributed by atoms with van der Waals surface area (Å²) < 4.78 is 7.54. The van der Waals surface area contributed by atoms with Crippen molar-refractivity contribution in [3.05, 3.63) is 69.5 Å². The minimum Gasteiger partial charge on any atom is -0.493 e. The third kappa shape index (κ3) is 3.53. The number of aromatic nitrogens is 2. The molecule has 2 heterocycles. The number of carbonyl (C=O) groups excluding carboxylic acids is 1. The molecule has 1 N–H and O–H groups in total. The van der Waals surface area contributed by atoms with Gasteiger partial charge in [-0.2, -0.15) is 0 Å². The summed E-state index contributed by atoms with van der Waals surface area (Å²) in [6, 6.07) is 10.1. The molecule has 5 heteroatoms. The van der Waals surface area contributed by atoms with E-state index in [1.807, 2.05) is 32.9 Å². The number of nitrogens with zero attached hydrogens (tertiary/aromatic N) is 2. The molecule has 0 saturated carbocycles. The minimum absolute atomic E-state index is 0.137. The summed E-state index contributed by atoms with van der Waals surface area (Å²) in [5, 5.41) is 0. The first-order valence-corrected chi connectivity index (χ1v) is 10.1. The van der Waals surface area contributed by atoms with Gasteiger partial charge in [-0.25, -0.2) is 9.66 Å². The molecule has 0 bridgehead atoms. The van der Waals surface area contributed by atoms with E-state index in [1.54, 1.807) is 4.68 Å². The van der Waals surface area contributed by atoms with E-state index in [4.69, 9.17) is 9.72 Å². The summed E-state index contributed by atoms with van der Waals surface area (Å²) in [5.41, 5.74) is 11.0. The van der Waals surface area contributed by atoms with E-state index in [0.717, 1.165) is 59.1 Å². The molecule has 0 fully saturated rings. The van der Waals surface area contributed by atoms with Gasteiger partial charge in [0.2, 0.25) is 0 Å². The van der Waals surface area contributed by atoms with Crippen LogP contribution in [0.5, 0.6) is 5.75 Å². The Labute approximate surface area is 171 Å². The van der Waals surface area contributed by atoms with Gasteiger partial charge in [-0.05, 0) is 82.9 Å². The lowest BCUT2D eigenvalue weighted by Crippen LogP contribution is -2.26. The second-order valence-corrected chi connectivity index (χ2v) is 7.93. The lowest BCUT2D eigenvalue weighted by atomic mass is 9.96. The van der Waals surface area contributed by atoms with Crippen molar-refractivity contribution in [2.75, 3.05) is 12.0 Å². The van der Waals surface area contributed by atoms with Crippen molar-refractivity contribution >= 4 is 5.91 Å². The number of rotatable bonds is 3. The number of ether oxygens (including phenoxy) is 1. The molecular weight excluding hydrogens is 362 g/mol. The van der Waals surface area contributed by atoms with E-state index >= 15 is 0 Å². The van der Waals surface area contributed by atoms with Crippen LogP contribution in [0.2, 0.25) is 0 Å². The normalized spacial score (nSPS) is 13.0. The highest BCUT2D eigenvalue weighted by atomic mass is 16.5. The first kappa shape index (κ1) is 19.2. The van der Waals surface area contributed by atoms with Crippen LogP contribution in [0.1, 0.15) is 50.4 Å². The molecule has 4 rings (SSSR count). The van der Waals surface area contributed by atoms with Crippen molar-refractivity contribution in [3.8, 4) is 17.1 Å². The van der Waals surface area contributed by atoms with Gasteiger partial charge in [0.15, 0.2) is 5.82 Å². The standard InChI is InChI=1S/C24H27N3O2/c1-14-11-15(2)13-19(12-14)23-25-17(4)18(5)27(23)26-24(28)21-8-9-22-20(16(21)3)7-6-10-29-22/h8-9,11-13H,6-7,10H2,1-5H3,(H,26,28). The molecule has 2 aromatic carbocycles. The molecule has 1 aliphatic rings. The Morgan fingerprint density at radius 2 is 1.79 bits per heavy atom. The Morgan fingerprint density at radius 1 is 1.07 bits per heavy atom. The first-order chi connectivity index (χ1) is 13.8. The Hall–Kier alpha value is -3.08. The highest BCUT2D eigenvalue weighted by Gasteiger charge is 2.21. The fourth-order valence-electron chi connectivity index (χ4n) is 4.06. The van der Waals surface area contributed by atoms with E-state index in [-0.39, 0.29) is 5.91 Å². The molecule has 0 unspecified atom stereocenters. The summed E-state index contributed by atoms with van der Waals surface area (Å²) in [4.78, 5) is 17.9. The van der Waals surface area contributed by atoms with Crippen molar-refractivity contribution in [1.82, 2.24) is 9.66 Å². The van der Waals surface area contributed by atoms with Crippen molar-refractivity contribution in [3.63, 3.8) is 0 Å². The van der Waals surface area contributed by atoms with Gasteiger partial charge in [0.25, 0.3) is 5.91 Å². The van der Waals surface area contributed by atoms with Crippen LogP contribution in [-0.2, 0) is 6.42 Å². The van der Waals surface area contributed by atoms with Crippen LogP contribution in [0.3, 0.4) is 0 Å². The van der Waals surface area contributed by atoms with Crippen molar-refractivity contribution in [2.45, 2.75) is 47.5 Å². The molecule has 1 aromatic heterocycles. The fraction of sp³-hybridized carbons (Fsp3) is 0.333. The van der Waals surface area contributed by atoms with Gasteiger partial charge in [-0.15, -0.1) is 0 Å². The zero-order valence-electron chi connectivity index (χ0n) is 17.7. The van der Waals surface area contributed by atoms with Gasteiger partial charge in [0, 0.05) is 11.1 Å². The molecule has 1 amide bonds. The molecule has 3 aromatic rings. The highest BCUT2D eigenvalue weighted by Crippen LogP contribution is 2.30. The topological polar surface area (TPSA) is 56.2 Å². The van der Waals surface area contributed by atoms with Gasteiger partial charge in [-0.3, -0.25) is 10.2 Å². The Balaban J connectivity index is 1.73. The van der Waals surface area contributed by atoms with E-state index < -0.39 is 0 Å². The molecule has 0 aliphatic carbocycles. The summed E-state index contributed by atoms with van der Waals surface area (Å²) >= 11 is 0. The van der Waals surface area contributed by atoms with Crippen molar-refractivity contribution < 1.29 is 9.53 Å². The SMILES string of the molecule is Cc1cc(C)cc(-c2nc(C)c(C)n2NC(=O)c2ccc3c(c2C)CCCO3)c1. The number of hydrogen-bond acceptors (Lipinski definition) is 3. The summed E-state index contributed by atoms with van der Waals surface area (Å²) in [7, 11) is 0. The average Bonchev–Trinajstić information content (AvgIpc) is 2.96. The largest absolute Gasteiger partial charge is 0.493 e. The molecule has 5 nitrogen and oxygen atoms in total. The minimum atomic E-state index is -0.137. The predicted octanol–water partition coefficient (Wildman–Crippen LogP) is 4.80. The molecule has 0 atom stereocenters. The molecule has 150 valence electrons. The number of nitrogens with one attached hydrogen (secondary N) is 1. The third-order valence-corrected chi connectivity index (χ3v) is 5.67. The van der Waals surface area contributed by atoms with Gasteiger partial charge in [-0.1, -0.05) is 17.2 Å². The van der Waals surface area contributed by atoms with E-state index in [1.165, 1.54) is 11.1 Å². The Morgan fingerprint density at radius 3 is 2.52 bits per heavy atom. The molecule has 0 spiro atoms. The number of fused-ring (bicyclic) bond motifs is 1. The number of amides is 1. The van der Waals surface area contributed by atoms with Crippen LogP contribution >= 0.6 is 0 Å². The van der Waals surface area contributed by atoms with Gasteiger partial charge >= 0.3 is 0 Å². The second-order valence-electron chi connectivity index (χ2n) is 7.93. The fourth-order valence-corrected chi connectivity index (χ4v) is 4.06. The maximum atomic E-state index is 13.2. The molecule has 29 heavy (non-hydrogen) atoms. The van der Waals surface area contributed by atoms with Gasteiger partial charge in [0.05, 0.1) is 18.0 Å². The van der Waals surface area contributed by atoms with Crippen LogP contribution in [0, 0.1) is 34.6 Å². The monoisotopic (exact) mass is 389 g/mol. The predicted molar refractivity (Wildman–Crippen MR) is 115 cm³/mol. The smallest absolute Gasteiger partial charge is 0.270 e. The Kier molecular flexibility index (Phi) is 4.91. The van der Waals surface area contributed by atoms with Gasteiger partial charge < -0.3 is 4.74 Å². The zero-order valence-corrected chi connectivity index (χ0v) is 17.7. The van der Waals surface area contributed by atoms with Crippen LogP contribution in [-0.4, -0.2) is 22.2 Å². The van der Waals surface area contributed by atoms with Gasteiger partial charge in [0.1, 0.15) is 5.75 Å². The molecule has 0 saturated heterocycles. The summed E-state index contributed by atoms with van der Waals surface area (Å²) in [6.07, 6.45) is 1.93. The lowest BCUT2D eigenvalue weighted by Gasteiger charge is -2.21. The molecule has 0 radical (unpaired) electrons. The van der Waals surface area contributed by atoms with E-state index in [9.17, 15) is 4.79 Å². The number of aryl methyl sites for hydroxylation is 3. The van der Waals surface area contributed by atoms with Crippen molar-refractivity contribution in [1.29, 1.82) is 0 Å². The Bertz CT molecular complexity index is 1090.